The van der Waals surface area contributed by atoms with E-state index in [1.807, 2.05) is 23.0 Å². The number of aryl methyl sites for hydroxylation is 1. The second kappa shape index (κ2) is 6.35. The summed E-state index contributed by atoms with van der Waals surface area (Å²) in [5, 5.41) is 14.8. The van der Waals surface area contributed by atoms with Crippen LogP contribution in [0.4, 0.5) is 0 Å². The molecule has 0 aliphatic heterocycles. The van der Waals surface area contributed by atoms with Crippen LogP contribution in [0.25, 0.3) is 0 Å². The fraction of sp³-hybridized carbons (Fsp3) is 0.533. The predicted molar refractivity (Wildman–Crippen MR) is 79.6 cm³/mol. The second-order valence-electron chi connectivity index (χ2n) is 4.92. The highest BCUT2D eigenvalue weighted by atomic mass is 32.1. The van der Waals surface area contributed by atoms with E-state index in [0.29, 0.717) is 12.5 Å². The second-order valence-corrected chi connectivity index (χ2v) is 6.12. The Hall–Kier alpha value is -1.13. The summed E-state index contributed by atoms with van der Waals surface area (Å²) in [7, 11) is 0. The Bertz CT molecular complexity index is 518. The van der Waals surface area contributed by atoms with E-state index in [-0.39, 0.29) is 0 Å². The van der Waals surface area contributed by atoms with Crippen LogP contribution in [0.1, 0.15) is 54.8 Å². The molecular weight excluding hydrogens is 256 g/mol. The van der Waals surface area contributed by atoms with E-state index >= 15 is 0 Å². The molecule has 2 unspecified atom stereocenters. The zero-order valence-electron chi connectivity index (χ0n) is 11.8. The van der Waals surface area contributed by atoms with Crippen LogP contribution in [-0.2, 0) is 12.8 Å². The van der Waals surface area contributed by atoms with Gasteiger partial charge in [-0.3, -0.25) is 4.68 Å². The third kappa shape index (κ3) is 3.45. The molecule has 2 rings (SSSR count). The van der Waals surface area contributed by atoms with E-state index in [9.17, 15) is 5.11 Å². The van der Waals surface area contributed by atoms with Gasteiger partial charge in [0.25, 0.3) is 0 Å². The van der Waals surface area contributed by atoms with Crippen molar-refractivity contribution in [3.63, 3.8) is 0 Å². The molecule has 4 heteroatoms. The maximum Gasteiger partial charge on any atom is 0.0938 e. The summed E-state index contributed by atoms with van der Waals surface area (Å²) in [6, 6.07) is 6.55. The van der Waals surface area contributed by atoms with Gasteiger partial charge in [-0.2, -0.15) is 5.10 Å². The Kier molecular flexibility index (Phi) is 4.77. The number of nitrogens with zero attached hydrogens (tertiary/aromatic N) is 2. The molecule has 0 fully saturated rings. The molecule has 2 atom stereocenters. The van der Waals surface area contributed by atoms with E-state index in [0.717, 1.165) is 23.4 Å². The molecular formula is C15H22N2OS. The lowest BCUT2D eigenvalue weighted by Crippen LogP contribution is -2.06. The highest BCUT2D eigenvalue weighted by molar-refractivity contribution is 7.12. The van der Waals surface area contributed by atoms with Crippen molar-refractivity contribution in [2.24, 2.45) is 0 Å². The number of thiophene rings is 1. The molecule has 2 aromatic rings. The summed E-state index contributed by atoms with van der Waals surface area (Å²) < 4.78 is 1.98. The SMILES string of the molecule is CCc1ccc(C(O)Cc2ccn(C(C)CC)n2)s1. The van der Waals surface area contributed by atoms with Crippen LogP contribution < -0.4 is 0 Å². The van der Waals surface area contributed by atoms with Gasteiger partial charge in [0.05, 0.1) is 11.8 Å². The topological polar surface area (TPSA) is 38.0 Å². The lowest BCUT2D eigenvalue weighted by molar-refractivity contribution is 0.180. The first-order valence-electron chi connectivity index (χ1n) is 6.94. The van der Waals surface area contributed by atoms with Crippen molar-refractivity contribution in [3.8, 4) is 0 Å². The van der Waals surface area contributed by atoms with E-state index < -0.39 is 6.10 Å². The van der Waals surface area contributed by atoms with Gasteiger partial charge in [-0.15, -0.1) is 11.3 Å². The minimum Gasteiger partial charge on any atom is -0.387 e. The monoisotopic (exact) mass is 278 g/mol. The number of hydrogen-bond acceptors (Lipinski definition) is 3. The highest BCUT2D eigenvalue weighted by Crippen LogP contribution is 2.26. The van der Waals surface area contributed by atoms with Gasteiger partial charge in [-0.1, -0.05) is 13.8 Å². The summed E-state index contributed by atoms with van der Waals surface area (Å²) in [5.74, 6) is 0. The minimum absolute atomic E-state index is 0.416. The van der Waals surface area contributed by atoms with Gasteiger partial charge in [0, 0.05) is 28.4 Å². The normalized spacial score (nSPS) is 14.5. The first-order chi connectivity index (χ1) is 9.13. The van der Waals surface area contributed by atoms with Crippen molar-refractivity contribution in [2.75, 3.05) is 0 Å². The van der Waals surface area contributed by atoms with E-state index in [4.69, 9.17) is 0 Å². The fourth-order valence-electron chi connectivity index (χ4n) is 1.98. The maximum absolute atomic E-state index is 10.2. The largest absolute Gasteiger partial charge is 0.387 e. The molecule has 0 spiro atoms. The lowest BCUT2D eigenvalue weighted by atomic mass is 10.2. The van der Waals surface area contributed by atoms with Crippen molar-refractivity contribution < 1.29 is 5.11 Å². The molecule has 0 aliphatic rings. The third-order valence-electron chi connectivity index (χ3n) is 3.47. The zero-order chi connectivity index (χ0) is 13.8. The van der Waals surface area contributed by atoms with Gasteiger partial charge in [0.2, 0.25) is 0 Å². The van der Waals surface area contributed by atoms with E-state index in [1.54, 1.807) is 11.3 Å². The molecule has 0 saturated carbocycles. The number of aliphatic hydroxyl groups is 1. The standard InChI is InChI=1S/C15H22N2OS/c1-4-11(3)17-9-8-12(16-17)10-14(18)15-7-6-13(5-2)19-15/h6-9,11,14,18H,4-5,10H2,1-3H3. The van der Waals surface area contributed by atoms with Crippen molar-refractivity contribution in [3.05, 3.63) is 39.8 Å². The summed E-state index contributed by atoms with van der Waals surface area (Å²) in [6.45, 7) is 6.44. The molecule has 2 heterocycles. The fourth-order valence-corrected chi connectivity index (χ4v) is 2.92. The van der Waals surface area contributed by atoms with Crippen LogP contribution in [0, 0.1) is 0 Å². The molecule has 0 amide bonds. The van der Waals surface area contributed by atoms with Crippen molar-refractivity contribution >= 4 is 11.3 Å². The van der Waals surface area contributed by atoms with Crippen molar-refractivity contribution in [1.29, 1.82) is 0 Å². The predicted octanol–water partition coefficient (Wildman–Crippen LogP) is 3.75. The number of aromatic nitrogens is 2. The van der Waals surface area contributed by atoms with Gasteiger partial charge in [-0.05, 0) is 38.0 Å². The molecule has 0 aromatic carbocycles. The molecule has 1 N–H and O–H groups in total. The Balaban J connectivity index is 2.02. The van der Waals surface area contributed by atoms with Crippen LogP contribution in [0.3, 0.4) is 0 Å². The summed E-state index contributed by atoms with van der Waals surface area (Å²) in [5.41, 5.74) is 0.958. The highest BCUT2D eigenvalue weighted by Gasteiger charge is 2.13. The van der Waals surface area contributed by atoms with Gasteiger partial charge >= 0.3 is 0 Å². The molecule has 0 saturated heterocycles. The van der Waals surface area contributed by atoms with Gasteiger partial charge in [-0.25, -0.2) is 0 Å². The van der Waals surface area contributed by atoms with Crippen molar-refractivity contribution in [2.45, 2.75) is 52.2 Å². The Morgan fingerprint density at radius 1 is 1.32 bits per heavy atom. The average molecular weight is 278 g/mol. The number of rotatable bonds is 6. The Labute approximate surface area is 118 Å². The molecule has 0 aliphatic carbocycles. The lowest BCUT2D eigenvalue weighted by Gasteiger charge is -2.09. The van der Waals surface area contributed by atoms with Gasteiger partial charge in [0.15, 0.2) is 0 Å². The molecule has 3 nitrogen and oxygen atoms in total. The Morgan fingerprint density at radius 3 is 2.74 bits per heavy atom. The molecule has 2 aromatic heterocycles. The summed E-state index contributed by atoms with van der Waals surface area (Å²) in [4.78, 5) is 2.36. The molecule has 0 radical (unpaired) electrons. The van der Waals surface area contributed by atoms with Crippen LogP contribution in [0.2, 0.25) is 0 Å². The quantitative estimate of drug-likeness (QED) is 0.873. The van der Waals surface area contributed by atoms with Gasteiger partial charge < -0.3 is 5.11 Å². The summed E-state index contributed by atoms with van der Waals surface area (Å²) in [6.07, 6.45) is 4.24. The smallest absolute Gasteiger partial charge is 0.0938 e. The van der Waals surface area contributed by atoms with Crippen LogP contribution in [-0.4, -0.2) is 14.9 Å². The maximum atomic E-state index is 10.2. The van der Waals surface area contributed by atoms with E-state index in [2.05, 4.69) is 31.9 Å². The summed E-state index contributed by atoms with van der Waals surface area (Å²) >= 11 is 1.69. The molecule has 19 heavy (non-hydrogen) atoms. The zero-order valence-corrected chi connectivity index (χ0v) is 12.7. The average Bonchev–Trinajstić information content (AvgIpc) is 3.06. The third-order valence-corrected chi connectivity index (χ3v) is 4.80. The number of aliphatic hydroxyl groups excluding tert-OH is 1. The first kappa shape index (κ1) is 14.3. The van der Waals surface area contributed by atoms with Crippen LogP contribution >= 0.6 is 11.3 Å². The van der Waals surface area contributed by atoms with E-state index in [1.165, 1.54) is 4.88 Å². The van der Waals surface area contributed by atoms with Crippen LogP contribution in [0.5, 0.6) is 0 Å². The van der Waals surface area contributed by atoms with Gasteiger partial charge in [0.1, 0.15) is 0 Å². The minimum atomic E-state index is -0.439. The Morgan fingerprint density at radius 2 is 2.11 bits per heavy atom. The molecule has 104 valence electrons. The molecule has 0 bridgehead atoms. The van der Waals surface area contributed by atoms with Crippen LogP contribution in [0.15, 0.2) is 24.4 Å². The first-order valence-corrected chi connectivity index (χ1v) is 7.76. The number of hydrogen-bond donors (Lipinski definition) is 1. The van der Waals surface area contributed by atoms with Crippen molar-refractivity contribution in [1.82, 2.24) is 9.78 Å².